The number of hydrogen-bond donors (Lipinski definition) is 2. The van der Waals surface area contributed by atoms with Crippen LogP contribution >= 0.6 is 12.4 Å². The van der Waals surface area contributed by atoms with E-state index < -0.39 is 11.8 Å². The van der Waals surface area contributed by atoms with Crippen molar-refractivity contribution in [3.8, 4) is 0 Å². The van der Waals surface area contributed by atoms with Crippen molar-refractivity contribution in [1.29, 1.82) is 5.41 Å². The van der Waals surface area contributed by atoms with Gasteiger partial charge in [-0.3, -0.25) is 24.7 Å². The summed E-state index contributed by atoms with van der Waals surface area (Å²) in [7, 11) is 0. The van der Waals surface area contributed by atoms with Gasteiger partial charge in [-0.15, -0.1) is 12.4 Å². The number of halogens is 1. The van der Waals surface area contributed by atoms with Gasteiger partial charge in [-0.05, 0) is 44.0 Å². The minimum Gasteiger partial charge on any atom is -0.465 e. The predicted molar refractivity (Wildman–Crippen MR) is 115 cm³/mol. The summed E-state index contributed by atoms with van der Waals surface area (Å²) in [6.07, 6.45) is 1.46. The van der Waals surface area contributed by atoms with Crippen molar-refractivity contribution in [2.75, 3.05) is 44.2 Å². The highest BCUT2D eigenvalue weighted by molar-refractivity contribution is 6.41. The molecule has 3 rings (SSSR count). The number of likely N-dealkylation sites (tertiary alicyclic amines) is 1. The van der Waals surface area contributed by atoms with E-state index in [1.165, 1.54) is 4.90 Å². The average molecular weight is 438 g/mol. The fourth-order valence-electron chi connectivity index (χ4n) is 3.84. The number of hydrogen-bond acceptors (Lipinski definition) is 6. The molecule has 1 aromatic carbocycles. The summed E-state index contributed by atoms with van der Waals surface area (Å²) < 4.78 is 4.98. The van der Waals surface area contributed by atoms with Crippen molar-refractivity contribution in [2.24, 2.45) is 5.73 Å². The third kappa shape index (κ3) is 5.28. The number of amides is 2. The number of anilines is 1. The van der Waals surface area contributed by atoms with E-state index in [2.05, 4.69) is 0 Å². The van der Waals surface area contributed by atoms with Crippen molar-refractivity contribution in [1.82, 2.24) is 9.80 Å². The fraction of sp³-hybridized carbons (Fsp3) is 0.500. The second kappa shape index (κ2) is 10.4. The second-order valence-electron chi connectivity index (χ2n) is 7.23. The maximum absolute atomic E-state index is 12.7. The number of amidine groups is 1. The van der Waals surface area contributed by atoms with Crippen molar-refractivity contribution < 1.29 is 19.1 Å². The van der Waals surface area contributed by atoms with Gasteiger partial charge in [0.1, 0.15) is 5.84 Å². The molecule has 2 heterocycles. The molecule has 0 aliphatic carbocycles. The van der Waals surface area contributed by atoms with E-state index in [-0.39, 0.29) is 36.8 Å². The van der Waals surface area contributed by atoms with E-state index in [0.717, 1.165) is 12.8 Å². The molecular weight excluding hydrogens is 410 g/mol. The van der Waals surface area contributed by atoms with Crippen LogP contribution in [0.25, 0.3) is 0 Å². The first kappa shape index (κ1) is 23.6. The zero-order valence-electron chi connectivity index (χ0n) is 17.0. The fourth-order valence-corrected chi connectivity index (χ4v) is 3.84. The molecule has 0 bridgehead atoms. The molecule has 0 aromatic heterocycles. The molecular formula is C20H28ClN5O4. The normalized spacial score (nSPS) is 18.2. The molecule has 0 spiro atoms. The van der Waals surface area contributed by atoms with Gasteiger partial charge in [0.2, 0.25) is 0 Å². The molecule has 0 radical (unpaired) electrons. The van der Waals surface area contributed by atoms with Gasteiger partial charge in [0.25, 0.3) is 0 Å². The molecule has 10 heteroatoms. The van der Waals surface area contributed by atoms with Gasteiger partial charge >= 0.3 is 17.8 Å². The Morgan fingerprint density at radius 1 is 1.10 bits per heavy atom. The SMILES string of the molecule is CCOC(=O)CN1CCC(N2CCN(c3ccc(C(=N)N)cc3)C(=O)C2=O)CC1.Cl. The van der Waals surface area contributed by atoms with Crippen LogP contribution in [0.2, 0.25) is 0 Å². The first-order chi connectivity index (χ1) is 13.9. The van der Waals surface area contributed by atoms with Crippen LogP contribution in [0, 0.1) is 5.41 Å². The Kier molecular flexibility index (Phi) is 8.19. The lowest BCUT2D eigenvalue weighted by Gasteiger charge is -2.41. The third-order valence-corrected chi connectivity index (χ3v) is 5.40. The smallest absolute Gasteiger partial charge is 0.320 e. The monoisotopic (exact) mass is 437 g/mol. The Bertz CT molecular complexity index is 793. The predicted octanol–water partition coefficient (Wildman–Crippen LogP) is 0.595. The van der Waals surface area contributed by atoms with Gasteiger partial charge in [-0.25, -0.2) is 0 Å². The number of piperazine rings is 1. The number of piperidine rings is 1. The number of nitrogens with two attached hydrogens (primary N) is 1. The first-order valence-corrected chi connectivity index (χ1v) is 9.85. The van der Waals surface area contributed by atoms with E-state index in [9.17, 15) is 14.4 Å². The maximum Gasteiger partial charge on any atom is 0.320 e. The molecule has 2 fully saturated rings. The van der Waals surface area contributed by atoms with Crippen LogP contribution in [0.1, 0.15) is 25.3 Å². The lowest BCUT2D eigenvalue weighted by Crippen LogP contribution is -2.59. The number of rotatable bonds is 6. The van der Waals surface area contributed by atoms with Crippen molar-refractivity contribution >= 4 is 41.7 Å². The number of nitrogens with zero attached hydrogens (tertiary/aromatic N) is 3. The number of benzene rings is 1. The summed E-state index contributed by atoms with van der Waals surface area (Å²) in [5.41, 5.74) is 6.65. The van der Waals surface area contributed by atoms with Crippen molar-refractivity contribution in [2.45, 2.75) is 25.8 Å². The zero-order chi connectivity index (χ0) is 21.0. The number of esters is 1. The van der Waals surface area contributed by atoms with E-state index in [1.54, 1.807) is 36.1 Å². The highest BCUT2D eigenvalue weighted by Crippen LogP contribution is 2.23. The van der Waals surface area contributed by atoms with Crippen LogP contribution in [0.15, 0.2) is 24.3 Å². The minimum atomic E-state index is -0.541. The summed E-state index contributed by atoms with van der Waals surface area (Å²) in [5.74, 6) is -1.31. The highest BCUT2D eigenvalue weighted by Gasteiger charge is 2.38. The Hall–Kier alpha value is -2.65. The molecule has 9 nitrogen and oxygen atoms in total. The molecule has 2 saturated heterocycles. The molecule has 0 atom stereocenters. The van der Waals surface area contributed by atoms with E-state index in [1.807, 2.05) is 4.90 Å². The number of carbonyl (C=O) groups is 3. The quantitative estimate of drug-likeness (QED) is 0.291. The standard InChI is InChI=1S/C20H27N5O4.ClH/c1-2-29-17(26)13-23-9-7-16(8-10-23)25-12-11-24(19(27)20(25)28)15-5-3-14(4-6-15)18(21)22;/h3-6,16H,2,7-13H2,1H3,(H3,21,22);1H. The summed E-state index contributed by atoms with van der Waals surface area (Å²) in [6, 6.07) is 6.74. The molecule has 0 unspecified atom stereocenters. The molecule has 1 aromatic rings. The van der Waals surface area contributed by atoms with Crippen LogP contribution < -0.4 is 10.6 Å². The minimum absolute atomic E-state index is 0. The van der Waals surface area contributed by atoms with Crippen LogP contribution in [-0.4, -0.2) is 78.8 Å². The van der Waals surface area contributed by atoms with Gasteiger partial charge in [-0.1, -0.05) is 0 Å². The molecule has 3 N–H and O–H groups in total. The molecule has 2 aliphatic rings. The van der Waals surface area contributed by atoms with Crippen molar-refractivity contribution in [3.05, 3.63) is 29.8 Å². The highest BCUT2D eigenvalue weighted by atomic mass is 35.5. The summed E-state index contributed by atoms with van der Waals surface area (Å²) in [6.45, 7) is 4.69. The Balaban J connectivity index is 0.00000320. The van der Waals surface area contributed by atoms with E-state index >= 15 is 0 Å². The molecule has 2 aliphatic heterocycles. The molecule has 2 amide bonds. The maximum atomic E-state index is 12.7. The Morgan fingerprint density at radius 3 is 2.30 bits per heavy atom. The van der Waals surface area contributed by atoms with Crippen molar-refractivity contribution in [3.63, 3.8) is 0 Å². The van der Waals surface area contributed by atoms with Gasteiger partial charge in [-0.2, -0.15) is 0 Å². The lowest BCUT2D eigenvalue weighted by molar-refractivity contribution is -0.149. The summed E-state index contributed by atoms with van der Waals surface area (Å²) >= 11 is 0. The van der Waals surface area contributed by atoms with Gasteiger partial charge in [0, 0.05) is 43.5 Å². The number of nitrogen functional groups attached to an aromatic ring is 1. The van der Waals surface area contributed by atoms with Gasteiger partial charge in [0.15, 0.2) is 0 Å². The number of nitrogens with one attached hydrogen (secondary N) is 1. The third-order valence-electron chi connectivity index (χ3n) is 5.40. The average Bonchev–Trinajstić information content (AvgIpc) is 2.71. The van der Waals surface area contributed by atoms with Gasteiger partial charge in [0.05, 0.1) is 13.2 Å². The first-order valence-electron chi connectivity index (χ1n) is 9.85. The Labute approximate surface area is 182 Å². The largest absolute Gasteiger partial charge is 0.465 e. The van der Waals surface area contributed by atoms with E-state index in [0.29, 0.717) is 44.0 Å². The molecule has 164 valence electrons. The van der Waals surface area contributed by atoms with E-state index in [4.69, 9.17) is 15.9 Å². The van der Waals surface area contributed by atoms with Crippen LogP contribution in [0.4, 0.5) is 5.69 Å². The lowest BCUT2D eigenvalue weighted by atomic mass is 10.0. The van der Waals surface area contributed by atoms with Crippen LogP contribution in [-0.2, 0) is 19.1 Å². The summed E-state index contributed by atoms with van der Waals surface area (Å²) in [4.78, 5) is 42.2. The molecule has 0 saturated carbocycles. The van der Waals surface area contributed by atoms with Gasteiger partial charge < -0.3 is 20.3 Å². The van der Waals surface area contributed by atoms with Crippen LogP contribution in [0.5, 0.6) is 0 Å². The topological polar surface area (TPSA) is 120 Å². The molecule has 30 heavy (non-hydrogen) atoms. The Morgan fingerprint density at radius 2 is 1.73 bits per heavy atom. The number of carbonyl (C=O) groups excluding carboxylic acids is 3. The van der Waals surface area contributed by atoms with Crippen LogP contribution in [0.3, 0.4) is 0 Å². The zero-order valence-corrected chi connectivity index (χ0v) is 17.8. The summed E-state index contributed by atoms with van der Waals surface area (Å²) in [5, 5.41) is 7.44. The second-order valence-corrected chi connectivity index (χ2v) is 7.23. The number of ether oxygens (including phenoxy) is 1.